The lowest BCUT2D eigenvalue weighted by molar-refractivity contribution is 0.605. The molecule has 0 fully saturated rings. The van der Waals surface area contributed by atoms with Crippen LogP contribution in [0, 0.1) is 0 Å². The van der Waals surface area contributed by atoms with Crippen LogP contribution in [-0.4, -0.2) is 0 Å². The van der Waals surface area contributed by atoms with Gasteiger partial charge in [-0.2, -0.15) is 0 Å². The van der Waals surface area contributed by atoms with E-state index in [1.165, 1.54) is 5.56 Å². The molecule has 1 unspecified atom stereocenters. The van der Waals surface area contributed by atoms with Crippen LogP contribution < -0.4 is 10.9 Å². The van der Waals surface area contributed by atoms with Crippen LogP contribution in [0.25, 0.3) is 0 Å². The molecule has 0 aromatic heterocycles. The van der Waals surface area contributed by atoms with E-state index in [9.17, 15) is 0 Å². The molecule has 0 bridgehead atoms. The molecule has 0 saturated heterocycles. The van der Waals surface area contributed by atoms with Gasteiger partial charge >= 0.3 is 0 Å². The number of hydrogen-bond donors (Lipinski definition) is 2. The lowest BCUT2D eigenvalue weighted by atomic mass is 10.1. The van der Waals surface area contributed by atoms with E-state index in [0.717, 1.165) is 17.1 Å². The molecule has 1 aromatic carbocycles. The van der Waals surface area contributed by atoms with Gasteiger partial charge in [-0.1, -0.05) is 18.5 Å². The Balaban J connectivity index is 2.42. The van der Waals surface area contributed by atoms with E-state index in [0.29, 0.717) is 6.04 Å². The Morgan fingerprint density at radius 2 is 2.33 bits per heavy atom. The lowest BCUT2D eigenvalue weighted by Gasteiger charge is -2.05. The number of hydrazine groups is 1. The highest BCUT2D eigenvalue weighted by molar-refractivity contribution is 6.30. The molecule has 1 aliphatic heterocycles. The Labute approximate surface area is 76.9 Å². The van der Waals surface area contributed by atoms with Crippen LogP contribution in [-0.2, 0) is 0 Å². The minimum atomic E-state index is 0.402. The minimum absolute atomic E-state index is 0.402. The first-order valence-corrected chi connectivity index (χ1v) is 4.50. The molecular formula is C9H11ClN2. The van der Waals surface area contributed by atoms with Crippen molar-refractivity contribution in [2.45, 2.75) is 19.4 Å². The van der Waals surface area contributed by atoms with E-state index < -0.39 is 0 Å². The fourth-order valence-electron chi connectivity index (χ4n) is 1.50. The predicted octanol–water partition coefficient (Wildman–Crippen LogP) is 2.72. The Hall–Kier alpha value is -0.730. The standard InChI is InChI=1S/C9H11ClN2/c1-2-8-7-5-6(10)3-4-9(7)12-11-8/h3-5,8,11-12H,2H2,1H3. The Bertz CT molecular complexity index is 299. The van der Waals surface area contributed by atoms with Crippen molar-refractivity contribution in [1.82, 2.24) is 5.43 Å². The first-order chi connectivity index (χ1) is 5.81. The van der Waals surface area contributed by atoms with Gasteiger partial charge in [-0.15, -0.1) is 0 Å². The number of anilines is 1. The van der Waals surface area contributed by atoms with Gasteiger partial charge in [0.2, 0.25) is 0 Å². The summed E-state index contributed by atoms with van der Waals surface area (Å²) in [6, 6.07) is 6.31. The van der Waals surface area contributed by atoms with Crippen molar-refractivity contribution < 1.29 is 0 Å². The van der Waals surface area contributed by atoms with Gasteiger partial charge in [-0.3, -0.25) is 0 Å². The van der Waals surface area contributed by atoms with E-state index in [1.54, 1.807) is 0 Å². The summed E-state index contributed by atoms with van der Waals surface area (Å²) in [5, 5.41) is 0.803. The summed E-state index contributed by atoms with van der Waals surface area (Å²) in [7, 11) is 0. The van der Waals surface area contributed by atoms with E-state index in [1.807, 2.05) is 18.2 Å². The van der Waals surface area contributed by atoms with Crippen LogP contribution in [0.1, 0.15) is 24.9 Å². The maximum atomic E-state index is 5.89. The number of nitrogens with one attached hydrogen (secondary N) is 2. The maximum Gasteiger partial charge on any atom is 0.0537 e. The van der Waals surface area contributed by atoms with Crippen LogP contribution >= 0.6 is 11.6 Å². The van der Waals surface area contributed by atoms with Gasteiger partial charge in [-0.25, -0.2) is 5.43 Å². The van der Waals surface area contributed by atoms with Crippen molar-refractivity contribution >= 4 is 17.3 Å². The van der Waals surface area contributed by atoms with E-state index in [-0.39, 0.29) is 0 Å². The number of fused-ring (bicyclic) bond motifs is 1. The smallest absolute Gasteiger partial charge is 0.0537 e. The van der Waals surface area contributed by atoms with E-state index in [2.05, 4.69) is 17.8 Å². The summed E-state index contributed by atoms with van der Waals surface area (Å²) in [4.78, 5) is 0. The number of halogens is 1. The molecule has 1 aromatic rings. The van der Waals surface area contributed by atoms with Crippen LogP contribution in [0.5, 0.6) is 0 Å². The molecule has 0 saturated carbocycles. The topological polar surface area (TPSA) is 24.1 Å². The van der Waals surface area contributed by atoms with Gasteiger partial charge in [-0.05, 0) is 30.2 Å². The van der Waals surface area contributed by atoms with Crippen LogP contribution in [0.3, 0.4) is 0 Å². The highest BCUT2D eigenvalue weighted by Gasteiger charge is 2.19. The number of benzene rings is 1. The largest absolute Gasteiger partial charge is 0.321 e. The molecule has 12 heavy (non-hydrogen) atoms. The van der Waals surface area contributed by atoms with Crippen molar-refractivity contribution in [3.8, 4) is 0 Å². The van der Waals surface area contributed by atoms with Crippen LogP contribution in [0.15, 0.2) is 18.2 Å². The Morgan fingerprint density at radius 3 is 3.08 bits per heavy atom. The highest BCUT2D eigenvalue weighted by atomic mass is 35.5. The zero-order chi connectivity index (χ0) is 8.55. The van der Waals surface area contributed by atoms with Crippen molar-refractivity contribution in [2.24, 2.45) is 0 Å². The van der Waals surface area contributed by atoms with E-state index >= 15 is 0 Å². The van der Waals surface area contributed by atoms with Gasteiger partial charge in [0.1, 0.15) is 0 Å². The third kappa shape index (κ3) is 1.17. The third-order valence-corrected chi connectivity index (χ3v) is 2.41. The molecule has 0 spiro atoms. The highest BCUT2D eigenvalue weighted by Crippen LogP contribution is 2.31. The molecule has 64 valence electrons. The predicted molar refractivity (Wildman–Crippen MR) is 51.2 cm³/mol. The van der Waals surface area contributed by atoms with Gasteiger partial charge < -0.3 is 5.43 Å². The number of hydrogen-bond acceptors (Lipinski definition) is 2. The average molecular weight is 183 g/mol. The second kappa shape index (κ2) is 2.96. The SMILES string of the molecule is CCC1NNc2ccc(Cl)cc21. The fraction of sp³-hybridized carbons (Fsp3) is 0.333. The van der Waals surface area contributed by atoms with Gasteiger partial charge in [0.05, 0.1) is 11.7 Å². The molecule has 2 N–H and O–H groups in total. The quantitative estimate of drug-likeness (QED) is 0.698. The Morgan fingerprint density at radius 1 is 1.50 bits per heavy atom. The summed E-state index contributed by atoms with van der Waals surface area (Å²) in [5.74, 6) is 0. The summed E-state index contributed by atoms with van der Waals surface area (Å²) < 4.78 is 0. The third-order valence-electron chi connectivity index (χ3n) is 2.18. The summed E-state index contributed by atoms with van der Waals surface area (Å²) in [6.45, 7) is 2.15. The first kappa shape index (κ1) is 7.90. The molecule has 1 aliphatic rings. The number of rotatable bonds is 1. The molecule has 1 heterocycles. The van der Waals surface area contributed by atoms with Gasteiger partial charge in [0.25, 0.3) is 0 Å². The molecular weight excluding hydrogens is 172 g/mol. The summed E-state index contributed by atoms with van der Waals surface area (Å²) >= 11 is 5.89. The summed E-state index contributed by atoms with van der Waals surface area (Å²) in [5.41, 5.74) is 8.72. The maximum absolute atomic E-state index is 5.89. The molecule has 0 radical (unpaired) electrons. The monoisotopic (exact) mass is 182 g/mol. The summed E-state index contributed by atoms with van der Waals surface area (Å²) in [6.07, 6.45) is 1.07. The second-order valence-corrected chi connectivity index (χ2v) is 3.40. The zero-order valence-corrected chi connectivity index (χ0v) is 7.65. The van der Waals surface area contributed by atoms with E-state index in [4.69, 9.17) is 11.6 Å². The normalized spacial score (nSPS) is 20.3. The zero-order valence-electron chi connectivity index (χ0n) is 6.89. The average Bonchev–Trinajstić information content (AvgIpc) is 2.46. The molecule has 2 nitrogen and oxygen atoms in total. The molecule has 1 atom stereocenters. The van der Waals surface area contributed by atoms with Crippen molar-refractivity contribution in [3.05, 3.63) is 28.8 Å². The van der Waals surface area contributed by atoms with Crippen LogP contribution in [0.2, 0.25) is 5.02 Å². The van der Waals surface area contributed by atoms with Crippen molar-refractivity contribution in [2.75, 3.05) is 5.43 Å². The molecule has 0 aliphatic carbocycles. The fourth-order valence-corrected chi connectivity index (χ4v) is 1.68. The molecule has 2 rings (SSSR count). The van der Waals surface area contributed by atoms with Crippen molar-refractivity contribution in [3.63, 3.8) is 0 Å². The van der Waals surface area contributed by atoms with Crippen molar-refractivity contribution in [1.29, 1.82) is 0 Å². The lowest BCUT2D eigenvalue weighted by Crippen LogP contribution is -2.17. The first-order valence-electron chi connectivity index (χ1n) is 4.12. The Kier molecular flexibility index (Phi) is 1.95. The van der Waals surface area contributed by atoms with Crippen LogP contribution in [0.4, 0.5) is 5.69 Å². The minimum Gasteiger partial charge on any atom is -0.321 e. The van der Waals surface area contributed by atoms with Gasteiger partial charge in [0.15, 0.2) is 0 Å². The molecule has 0 amide bonds. The second-order valence-electron chi connectivity index (χ2n) is 2.96. The van der Waals surface area contributed by atoms with Gasteiger partial charge in [0, 0.05) is 5.02 Å². The molecule has 3 heteroatoms.